The molecule has 0 aromatic heterocycles. The fourth-order valence-electron chi connectivity index (χ4n) is 12.6. The molecule has 0 aliphatic carbocycles. The first kappa shape index (κ1) is 95.6. The highest BCUT2D eigenvalue weighted by Crippen LogP contribution is 2.53. The Morgan fingerprint density at radius 2 is 0.743 bits per heavy atom. The third-order valence-corrected chi connectivity index (χ3v) is 21.4. The number of phosphoric ester groups is 2. The summed E-state index contributed by atoms with van der Waals surface area (Å²) in [5, 5.41) is 12.8. The Bertz CT molecular complexity index is 2010. The van der Waals surface area contributed by atoms with E-state index < -0.39 is 77.1 Å². The lowest BCUT2D eigenvalue weighted by atomic mass is 9.97. The Kier molecular flexibility index (Phi) is 63.1. The summed E-state index contributed by atoms with van der Waals surface area (Å²) in [5.74, 6) is 0. The predicted octanol–water partition coefficient (Wildman–Crippen LogP) is 21.1. The molecule has 594 valence electrons. The average Bonchev–Trinajstić information content (AvgIpc) is 0.789. The molecule has 0 aromatic carbocycles. The van der Waals surface area contributed by atoms with Crippen molar-refractivity contribution in [3.05, 3.63) is 62.8 Å². The summed E-state index contributed by atoms with van der Waals surface area (Å²) in [7, 11) is -5.16. The van der Waals surface area contributed by atoms with E-state index in [1.165, 1.54) is 172 Å². The van der Waals surface area contributed by atoms with Crippen molar-refractivity contribution in [3.8, 4) is 0 Å². The molecule has 2 fully saturated rings. The van der Waals surface area contributed by atoms with E-state index in [1.807, 2.05) is 0 Å². The van der Waals surface area contributed by atoms with Crippen LogP contribution in [0.3, 0.4) is 0 Å². The van der Waals surface area contributed by atoms with Gasteiger partial charge in [-0.2, -0.15) is 0 Å². The smallest absolute Gasteiger partial charge is 0.387 e. The second-order valence-corrected chi connectivity index (χ2v) is 30.7. The minimum Gasteiger partial charge on any atom is -0.387 e. The average molecular weight is 1480 g/mol. The number of hydrogen-bond acceptors (Lipinski definition) is 19. The first-order valence-electron chi connectivity index (χ1n) is 40.4. The lowest BCUT2D eigenvalue weighted by Crippen LogP contribution is -2.64. The Balaban J connectivity index is 2.64. The van der Waals surface area contributed by atoms with E-state index in [0.717, 1.165) is 109 Å². The molecule has 2 aliphatic rings. The zero-order valence-electron chi connectivity index (χ0n) is 64.8. The number of rotatable bonds is 76. The molecule has 21 heteroatoms. The third-order valence-electron chi connectivity index (χ3n) is 18.5. The molecule has 2 heterocycles. The van der Waals surface area contributed by atoms with Crippen molar-refractivity contribution in [1.82, 2.24) is 0 Å². The van der Waals surface area contributed by atoms with Crippen molar-refractivity contribution < 1.29 is 88.7 Å². The van der Waals surface area contributed by atoms with Gasteiger partial charge in [0, 0.05) is 40.6 Å². The molecule has 0 spiro atoms. The number of phosphoric acid groups is 2. The number of hydrogen-bond donors (Lipinski definition) is 1. The predicted molar refractivity (Wildman–Crippen MR) is 409 cm³/mol. The maximum absolute atomic E-state index is 14.8. The summed E-state index contributed by atoms with van der Waals surface area (Å²) in [5.41, 5.74) is 0. The second-order valence-electron chi connectivity index (χ2n) is 27.4. The van der Waals surface area contributed by atoms with Crippen LogP contribution in [0.1, 0.15) is 291 Å². The number of aliphatic hydroxyl groups is 1. The Labute approximate surface area is 616 Å². The van der Waals surface area contributed by atoms with E-state index in [4.69, 9.17) is 74.5 Å². The van der Waals surface area contributed by atoms with Crippen LogP contribution in [0, 0.1) is 0 Å². The lowest BCUT2D eigenvalue weighted by molar-refractivity contribution is -0.343. The van der Waals surface area contributed by atoms with Gasteiger partial charge in [0.15, 0.2) is 12.6 Å². The minimum atomic E-state index is -4.38. The van der Waals surface area contributed by atoms with Crippen molar-refractivity contribution >= 4 is 15.6 Å². The van der Waals surface area contributed by atoms with Crippen LogP contribution >= 0.6 is 15.6 Å². The molecule has 101 heavy (non-hydrogen) atoms. The zero-order valence-corrected chi connectivity index (χ0v) is 66.6. The molecule has 1 N–H and O–H groups in total. The quantitative estimate of drug-likeness (QED) is 0.0342. The van der Waals surface area contributed by atoms with Crippen LogP contribution in [-0.4, -0.2) is 166 Å². The van der Waals surface area contributed by atoms with Gasteiger partial charge in [0.2, 0.25) is 0 Å². The number of allylic oxidation sites excluding steroid dienone is 2. The van der Waals surface area contributed by atoms with Crippen molar-refractivity contribution in [2.75, 3.05) is 93.5 Å². The zero-order chi connectivity index (χ0) is 73.4. The molecule has 19 nitrogen and oxygen atoms in total. The molecule has 0 amide bonds. The highest BCUT2D eigenvalue weighted by molar-refractivity contribution is 7.48. The third kappa shape index (κ3) is 47.1. The molecule has 2 saturated heterocycles. The summed E-state index contributed by atoms with van der Waals surface area (Å²) < 4.78 is 130. The van der Waals surface area contributed by atoms with Gasteiger partial charge < -0.3 is 52.5 Å². The second kappa shape index (κ2) is 66.7. The molecule has 0 radical (unpaired) electrons. The molecule has 2 aliphatic heterocycles. The van der Waals surface area contributed by atoms with Crippen molar-refractivity contribution in [1.29, 1.82) is 0 Å². The standard InChI is InChI=1S/C80H150O19P2/c1-11-19-23-27-30-33-36-37-38-39-40-41-44-47-51-55-64-88-78-76(89-65-57-70(85-10)56-52-48-26-22-14-4)74(99-101(83,94-60-17-7)95-61-18-8)72(68-84-9)98-80(78)91-69-71-73(81)75(86-62-53-49-45-42-34-31-28-24-20-12-2)77(87-63-54-50-46-43-35-32-29-25-21-13-3)79(97-71)90-66-67-96-100(82,92-58-15-5)93-59-16-6/h15-18,33,36,70-81H,5-8,11-14,19-32,34-35,37-69H2,1-4,9-10H3/t70-,71-,72-,73-,74-,75+,76+,77-,78-,79+,80+/m1/s1. The van der Waals surface area contributed by atoms with E-state index in [-0.39, 0.29) is 65.6 Å². The van der Waals surface area contributed by atoms with Gasteiger partial charge in [-0.15, -0.1) is 26.3 Å². The van der Waals surface area contributed by atoms with Crippen LogP contribution in [0.5, 0.6) is 0 Å². The molecule has 2 rings (SSSR count). The number of methoxy groups -OCH3 is 2. The molecule has 0 aromatic rings. The molecule has 0 bridgehead atoms. The first-order chi connectivity index (χ1) is 49.5. The van der Waals surface area contributed by atoms with Crippen LogP contribution in [0.2, 0.25) is 0 Å². The summed E-state index contributed by atoms with van der Waals surface area (Å²) in [6.45, 7) is 24.1. The molecular formula is C80H150O19P2. The first-order valence-corrected chi connectivity index (χ1v) is 43.3. The fourth-order valence-corrected chi connectivity index (χ4v) is 15.1. The molecular weight excluding hydrogens is 1330 g/mol. The van der Waals surface area contributed by atoms with Crippen molar-refractivity contribution in [3.63, 3.8) is 0 Å². The van der Waals surface area contributed by atoms with Gasteiger partial charge in [-0.1, -0.05) is 270 Å². The van der Waals surface area contributed by atoms with Crippen LogP contribution in [-0.2, 0) is 83.6 Å². The molecule has 0 saturated carbocycles. The lowest BCUT2D eigenvalue weighted by Gasteiger charge is -2.47. The van der Waals surface area contributed by atoms with Crippen LogP contribution < -0.4 is 0 Å². The van der Waals surface area contributed by atoms with Gasteiger partial charge in [0.25, 0.3) is 0 Å². The van der Waals surface area contributed by atoms with E-state index in [0.29, 0.717) is 26.2 Å². The van der Waals surface area contributed by atoms with Gasteiger partial charge in [-0.25, -0.2) is 9.13 Å². The van der Waals surface area contributed by atoms with Crippen molar-refractivity contribution in [2.45, 2.75) is 358 Å². The summed E-state index contributed by atoms with van der Waals surface area (Å²) in [6.07, 6.45) is 46.2. The maximum atomic E-state index is 14.8. The van der Waals surface area contributed by atoms with E-state index in [9.17, 15) is 14.2 Å². The van der Waals surface area contributed by atoms with Crippen LogP contribution in [0.4, 0.5) is 0 Å². The van der Waals surface area contributed by atoms with Gasteiger partial charge in [-0.05, 0) is 57.8 Å². The van der Waals surface area contributed by atoms with Crippen LogP contribution in [0.15, 0.2) is 62.8 Å². The van der Waals surface area contributed by atoms with Crippen LogP contribution in [0.25, 0.3) is 0 Å². The van der Waals surface area contributed by atoms with E-state index in [1.54, 1.807) is 14.2 Å². The largest absolute Gasteiger partial charge is 0.475 e. The highest BCUT2D eigenvalue weighted by Gasteiger charge is 2.53. The Morgan fingerprint density at radius 1 is 0.366 bits per heavy atom. The van der Waals surface area contributed by atoms with Gasteiger partial charge in [0.05, 0.1) is 59.0 Å². The number of aliphatic hydroxyl groups excluding tert-OH is 1. The Morgan fingerprint density at radius 3 is 1.19 bits per heavy atom. The summed E-state index contributed by atoms with van der Waals surface area (Å²) in [4.78, 5) is 0. The van der Waals surface area contributed by atoms with Crippen molar-refractivity contribution in [2.24, 2.45) is 0 Å². The number of ether oxygens (including phenoxy) is 10. The number of unbranched alkanes of at least 4 members (excludes halogenated alkanes) is 34. The summed E-state index contributed by atoms with van der Waals surface area (Å²) in [6, 6.07) is 0. The highest BCUT2D eigenvalue weighted by atomic mass is 31.2. The van der Waals surface area contributed by atoms with E-state index >= 15 is 0 Å². The van der Waals surface area contributed by atoms with E-state index in [2.05, 4.69) is 66.2 Å². The topological polar surface area (TPSA) is 202 Å². The molecule has 11 atom stereocenters. The SMILES string of the molecule is C=CCOP(=O)(OCC=C)OCCO[C@H]1O[C@H](CO[C@H]2O[C@H](COC)[C@@H](OP(=O)(OCC=C)OCC=C)[C@H](OCC[C@@H](CCCCCCC)OC)[C@H]2OCCCCCCCCCCC=CCCCCCC)[C@@H](O)[C@H](OCCCCCCCCCCCC)[C@H]1OCCCCCCCCCCCC. The fraction of sp³-hybridized carbons (Fsp3) is 0.875. The normalized spacial score (nSPS) is 21.6. The van der Waals surface area contributed by atoms with Gasteiger partial charge in [0.1, 0.15) is 48.8 Å². The minimum absolute atomic E-state index is 0.0496. The van der Waals surface area contributed by atoms with Gasteiger partial charge >= 0.3 is 15.6 Å². The van der Waals surface area contributed by atoms with Gasteiger partial charge in [-0.3, -0.25) is 27.1 Å². The monoisotopic (exact) mass is 1480 g/mol. The maximum Gasteiger partial charge on any atom is 0.475 e. The summed E-state index contributed by atoms with van der Waals surface area (Å²) >= 11 is 0. The Hall–Kier alpha value is -1.52. The molecule has 0 unspecified atom stereocenters.